The highest BCUT2D eigenvalue weighted by Gasteiger charge is 2.36. The van der Waals surface area contributed by atoms with E-state index in [4.69, 9.17) is 0 Å². The summed E-state index contributed by atoms with van der Waals surface area (Å²) in [6, 6.07) is 0. The molecule has 2 saturated carbocycles. The maximum absolute atomic E-state index is 12.4. The molecule has 2 amide bonds. The minimum atomic E-state index is 0.174. The molecule has 1 N–H and O–H groups in total. The summed E-state index contributed by atoms with van der Waals surface area (Å²) < 4.78 is 0. The molecule has 0 aromatic heterocycles. The van der Waals surface area contributed by atoms with Gasteiger partial charge in [-0.25, -0.2) is 0 Å². The van der Waals surface area contributed by atoms with Crippen molar-refractivity contribution in [2.24, 2.45) is 23.7 Å². The quantitative estimate of drug-likeness (QED) is 0.770. The van der Waals surface area contributed by atoms with Gasteiger partial charge in [0.1, 0.15) is 0 Å². The van der Waals surface area contributed by atoms with E-state index in [-0.39, 0.29) is 17.7 Å². The van der Waals surface area contributed by atoms with E-state index in [9.17, 15) is 9.59 Å². The molecule has 1 saturated heterocycles. The fourth-order valence-electron chi connectivity index (χ4n) is 3.59. The van der Waals surface area contributed by atoms with Gasteiger partial charge in [0.05, 0.1) is 0 Å². The van der Waals surface area contributed by atoms with Crippen molar-refractivity contribution in [2.45, 2.75) is 39.5 Å². The Morgan fingerprint density at radius 1 is 0.957 bits per heavy atom. The number of rotatable bonds is 7. The van der Waals surface area contributed by atoms with E-state index in [1.807, 2.05) is 11.8 Å². The molecule has 3 fully saturated rings. The van der Waals surface area contributed by atoms with E-state index in [2.05, 4.69) is 17.1 Å². The van der Waals surface area contributed by atoms with Gasteiger partial charge < -0.3 is 10.2 Å². The molecule has 5 heteroatoms. The van der Waals surface area contributed by atoms with Crippen LogP contribution in [0, 0.1) is 23.7 Å². The smallest absolute Gasteiger partial charge is 0.225 e. The Hall–Kier alpha value is -1.10. The third-order valence-electron chi connectivity index (χ3n) is 5.87. The average Bonchev–Trinajstić information content (AvgIpc) is 3.45. The van der Waals surface area contributed by atoms with E-state index in [1.165, 1.54) is 25.7 Å². The summed E-state index contributed by atoms with van der Waals surface area (Å²) in [5.74, 6) is 2.21. The number of nitrogens with zero attached hydrogens (tertiary/aromatic N) is 2. The summed E-state index contributed by atoms with van der Waals surface area (Å²) in [5.41, 5.74) is 0. The molecule has 3 aliphatic rings. The van der Waals surface area contributed by atoms with Gasteiger partial charge in [-0.3, -0.25) is 14.5 Å². The predicted octanol–water partition coefficient (Wildman–Crippen LogP) is 1.34. The largest absolute Gasteiger partial charge is 0.355 e. The number of carbonyl (C=O) groups excluding carboxylic acids is 2. The molecule has 3 rings (SSSR count). The highest BCUT2D eigenvalue weighted by atomic mass is 16.2. The summed E-state index contributed by atoms with van der Waals surface area (Å²) in [6.07, 6.45) is 4.88. The van der Waals surface area contributed by atoms with E-state index >= 15 is 0 Å². The third kappa shape index (κ3) is 4.46. The SMILES string of the molecule is C[C@@H](C(=O)NCCN1CCN(C(=O)[C@H](C)C2CC2)CC1)C1CC1. The van der Waals surface area contributed by atoms with Gasteiger partial charge in [-0.1, -0.05) is 13.8 Å². The molecular formula is C18H31N3O2. The van der Waals surface area contributed by atoms with Crippen molar-refractivity contribution in [3.63, 3.8) is 0 Å². The number of nitrogens with one attached hydrogen (secondary N) is 1. The zero-order chi connectivity index (χ0) is 16.4. The molecule has 0 spiro atoms. The van der Waals surface area contributed by atoms with Crippen molar-refractivity contribution in [3.05, 3.63) is 0 Å². The van der Waals surface area contributed by atoms with E-state index < -0.39 is 0 Å². The Labute approximate surface area is 139 Å². The maximum atomic E-state index is 12.4. The van der Waals surface area contributed by atoms with Crippen LogP contribution in [0.1, 0.15) is 39.5 Å². The summed E-state index contributed by atoms with van der Waals surface area (Å²) in [5, 5.41) is 3.07. The fourth-order valence-corrected chi connectivity index (χ4v) is 3.59. The fraction of sp³-hybridized carbons (Fsp3) is 0.889. The lowest BCUT2D eigenvalue weighted by Gasteiger charge is -2.36. The van der Waals surface area contributed by atoms with Crippen LogP contribution in [-0.2, 0) is 9.59 Å². The van der Waals surface area contributed by atoms with E-state index in [0.717, 1.165) is 39.3 Å². The number of piperazine rings is 1. The molecule has 2 atom stereocenters. The highest BCUT2D eigenvalue weighted by molar-refractivity contribution is 5.79. The molecule has 0 radical (unpaired) electrons. The second kappa shape index (κ2) is 7.20. The third-order valence-corrected chi connectivity index (χ3v) is 5.87. The van der Waals surface area contributed by atoms with Crippen molar-refractivity contribution >= 4 is 11.8 Å². The Balaban J connectivity index is 1.31. The van der Waals surface area contributed by atoms with Crippen LogP contribution >= 0.6 is 0 Å². The predicted molar refractivity (Wildman–Crippen MR) is 89.8 cm³/mol. The molecular weight excluding hydrogens is 290 g/mol. The zero-order valence-corrected chi connectivity index (χ0v) is 14.6. The average molecular weight is 321 g/mol. The van der Waals surface area contributed by atoms with Crippen LogP contribution in [0.2, 0.25) is 0 Å². The number of carbonyl (C=O) groups is 2. The maximum Gasteiger partial charge on any atom is 0.225 e. The molecule has 1 heterocycles. The first-order chi connectivity index (χ1) is 11.1. The van der Waals surface area contributed by atoms with E-state index in [0.29, 0.717) is 17.7 Å². The van der Waals surface area contributed by atoms with Crippen molar-refractivity contribution < 1.29 is 9.59 Å². The van der Waals surface area contributed by atoms with Crippen LogP contribution in [0.15, 0.2) is 0 Å². The van der Waals surface area contributed by atoms with Crippen LogP contribution in [-0.4, -0.2) is 60.9 Å². The van der Waals surface area contributed by atoms with Crippen LogP contribution in [0.4, 0.5) is 0 Å². The van der Waals surface area contributed by atoms with Crippen molar-refractivity contribution in [1.82, 2.24) is 15.1 Å². The molecule has 130 valence electrons. The molecule has 0 aromatic carbocycles. The molecule has 0 bridgehead atoms. The summed E-state index contributed by atoms with van der Waals surface area (Å²) in [4.78, 5) is 28.7. The topological polar surface area (TPSA) is 52.7 Å². The van der Waals surface area contributed by atoms with Crippen molar-refractivity contribution in [3.8, 4) is 0 Å². The van der Waals surface area contributed by atoms with Crippen molar-refractivity contribution in [1.29, 1.82) is 0 Å². The van der Waals surface area contributed by atoms with Gasteiger partial charge in [0.2, 0.25) is 11.8 Å². The molecule has 2 aliphatic carbocycles. The number of amides is 2. The van der Waals surface area contributed by atoms with Crippen molar-refractivity contribution in [2.75, 3.05) is 39.3 Å². The molecule has 0 unspecified atom stereocenters. The summed E-state index contributed by atoms with van der Waals surface area (Å²) in [7, 11) is 0. The van der Waals surface area contributed by atoms with Gasteiger partial charge in [0.25, 0.3) is 0 Å². The standard InChI is InChI=1S/C18H31N3O2/c1-13(15-3-4-15)17(22)19-7-8-20-9-11-21(12-10-20)18(23)14(2)16-5-6-16/h13-16H,3-12H2,1-2H3,(H,19,22)/t13-,14-/m1/s1. The van der Waals surface area contributed by atoms with E-state index in [1.54, 1.807) is 0 Å². The lowest BCUT2D eigenvalue weighted by Crippen LogP contribution is -2.51. The zero-order valence-electron chi connectivity index (χ0n) is 14.6. The minimum absolute atomic E-state index is 0.174. The number of hydrogen-bond donors (Lipinski definition) is 1. The second-order valence-corrected chi connectivity index (χ2v) is 7.71. The first-order valence-corrected chi connectivity index (χ1v) is 9.35. The Kier molecular flexibility index (Phi) is 5.24. The molecule has 1 aliphatic heterocycles. The molecule has 5 nitrogen and oxygen atoms in total. The lowest BCUT2D eigenvalue weighted by atomic mass is 10.0. The van der Waals surface area contributed by atoms with Gasteiger partial charge in [-0.15, -0.1) is 0 Å². The Morgan fingerprint density at radius 2 is 1.52 bits per heavy atom. The van der Waals surface area contributed by atoms with Gasteiger partial charge in [-0.2, -0.15) is 0 Å². The Morgan fingerprint density at radius 3 is 2.09 bits per heavy atom. The van der Waals surface area contributed by atoms with Gasteiger partial charge in [0.15, 0.2) is 0 Å². The number of hydrogen-bond acceptors (Lipinski definition) is 3. The molecule has 0 aromatic rings. The lowest BCUT2D eigenvalue weighted by molar-refractivity contribution is -0.137. The first-order valence-electron chi connectivity index (χ1n) is 9.35. The van der Waals surface area contributed by atoms with Crippen LogP contribution in [0.25, 0.3) is 0 Å². The highest BCUT2D eigenvalue weighted by Crippen LogP contribution is 2.37. The van der Waals surface area contributed by atoms with Crippen LogP contribution in [0.5, 0.6) is 0 Å². The summed E-state index contributed by atoms with van der Waals surface area (Å²) in [6.45, 7) is 9.27. The van der Waals surface area contributed by atoms with Crippen LogP contribution in [0.3, 0.4) is 0 Å². The van der Waals surface area contributed by atoms with Gasteiger partial charge in [0, 0.05) is 51.1 Å². The minimum Gasteiger partial charge on any atom is -0.355 e. The van der Waals surface area contributed by atoms with Gasteiger partial charge in [-0.05, 0) is 37.5 Å². The summed E-state index contributed by atoms with van der Waals surface area (Å²) >= 11 is 0. The normalized spacial score (nSPS) is 25.0. The molecule has 23 heavy (non-hydrogen) atoms. The monoisotopic (exact) mass is 321 g/mol. The van der Waals surface area contributed by atoms with Gasteiger partial charge >= 0.3 is 0 Å². The Bertz CT molecular complexity index is 435. The second-order valence-electron chi connectivity index (χ2n) is 7.71. The van der Waals surface area contributed by atoms with Crippen LogP contribution < -0.4 is 5.32 Å². The first kappa shape index (κ1) is 16.7.